The SMILES string of the molecule is O=C(O)CCCCCOc1c(Cl)cc(O)cc1Cl. The fourth-order valence-electron chi connectivity index (χ4n) is 1.41. The van der Waals surface area contributed by atoms with E-state index < -0.39 is 5.97 Å². The number of halogens is 2. The van der Waals surface area contributed by atoms with E-state index in [0.717, 1.165) is 12.8 Å². The van der Waals surface area contributed by atoms with E-state index in [9.17, 15) is 9.90 Å². The molecule has 2 N–H and O–H groups in total. The third kappa shape index (κ3) is 5.02. The van der Waals surface area contributed by atoms with Crippen molar-refractivity contribution in [1.29, 1.82) is 0 Å². The van der Waals surface area contributed by atoms with Gasteiger partial charge in [-0.25, -0.2) is 0 Å². The zero-order valence-electron chi connectivity index (χ0n) is 9.66. The Kier molecular flexibility index (Phi) is 6.09. The molecule has 0 aliphatic rings. The first-order valence-electron chi connectivity index (χ1n) is 5.53. The predicted octanol–water partition coefficient (Wildman–Crippen LogP) is 3.72. The molecule has 6 heteroatoms. The number of phenols is 1. The van der Waals surface area contributed by atoms with E-state index >= 15 is 0 Å². The van der Waals surface area contributed by atoms with Crippen LogP contribution >= 0.6 is 23.2 Å². The summed E-state index contributed by atoms with van der Waals surface area (Å²) in [4.78, 5) is 10.3. The van der Waals surface area contributed by atoms with Crippen LogP contribution in [-0.2, 0) is 4.79 Å². The molecule has 0 saturated heterocycles. The van der Waals surface area contributed by atoms with Crippen LogP contribution < -0.4 is 4.74 Å². The van der Waals surface area contributed by atoms with Gasteiger partial charge in [0.2, 0.25) is 0 Å². The summed E-state index contributed by atoms with van der Waals surface area (Å²) in [5.74, 6) is -0.464. The van der Waals surface area contributed by atoms with Gasteiger partial charge >= 0.3 is 5.97 Å². The Morgan fingerprint density at radius 1 is 1.17 bits per heavy atom. The monoisotopic (exact) mass is 292 g/mol. The van der Waals surface area contributed by atoms with E-state index in [0.29, 0.717) is 18.8 Å². The molecule has 100 valence electrons. The van der Waals surface area contributed by atoms with Crippen molar-refractivity contribution in [3.05, 3.63) is 22.2 Å². The maximum absolute atomic E-state index is 10.3. The Hall–Kier alpha value is -1.13. The molecule has 0 bridgehead atoms. The molecule has 0 aliphatic carbocycles. The standard InChI is InChI=1S/C12H14Cl2O4/c13-9-6-8(15)7-10(14)12(9)18-5-3-1-2-4-11(16)17/h6-7,15H,1-5H2,(H,16,17). The van der Waals surface area contributed by atoms with E-state index in [1.807, 2.05) is 0 Å². The summed E-state index contributed by atoms with van der Waals surface area (Å²) < 4.78 is 5.41. The molecule has 1 rings (SSSR count). The highest BCUT2D eigenvalue weighted by Crippen LogP contribution is 2.36. The average Bonchev–Trinajstić information content (AvgIpc) is 2.25. The van der Waals surface area contributed by atoms with E-state index in [4.69, 9.17) is 33.0 Å². The fourth-order valence-corrected chi connectivity index (χ4v) is 2.00. The lowest BCUT2D eigenvalue weighted by molar-refractivity contribution is -0.137. The van der Waals surface area contributed by atoms with E-state index in [2.05, 4.69) is 0 Å². The first-order valence-corrected chi connectivity index (χ1v) is 6.29. The zero-order chi connectivity index (χ0) is 13.5. The number of benzene rings is 1. The molecular weight excluding hydrogens is 279 g/mol. The molecule has 0 saturated carbocycles. The van der Waals surface area contributed by atoms with Gasteiger partial charge in [-0.2, -0.15) is 0 Å². The number of unbranched alkanes of at least 4 members (excludes halogenated alkanes) is 2. The quantitative estimate of drug-likeness (QED) is 0.752. The normalized spacial score (nSPS) is 10.3. The third-order valence-electron chi connectivity index (χ3n) is 2.26. The molecule has 0 atom stereocenters. The minimum absolute atomic E-state index is 0.0150. The molecule has 0 heterocycles. The number of carboxylic acid groups (broad SMARTS) is 1. The van der Waals surface area contributed by atoms with Crippen molar-refractivity contribution >= 4 is 29.2 Å². The maximum atomic E-state index is 10.3. The van der Waals surface area contributed by atoms with Gasteiger partial charge in [0.1, 0.15) is 5.75 Å². The van der Waals surface area contributed by atoms with Crippen molar-refractivity contribution in [1.82, 2.24) is 0 Å². The number of hydrogen-bond donors (Lipinski definition) is 2. The Bertz CT molecular complexity index is 398. The minimum atomic E-state index is -0.791. The summed E-state index contributed by atoms with van der Waals surface area (Å²) in [5, 5.41) is 18.2. The summed E-state index contributed by atoms with van der Waals surface area (Å²) in [6, 6.07) is 2.71. The Labute approximate surface area is 115 Å². The van der Waals surface area contributed by atoms with Gasteiger partial charge in [-0.15, -0.1) is 0 Å². The number of aliphatic carboxylic acids is 1. The van der Waals surface area contributed by atoms with Gasteiger partial charge in [-0.3, -0.25) is 4.79 Å². The van der Waals surface area contributed by atoms with Crippen LogP contribution in [0.5, 0.6) is 11.5 Å². The van der Waals surface area contributed by atoms with Crippen LogP contribution in [0, 0.1) is 0 Å². The van der Waals surface area contributed by atoms with Crippen molar-refractivity contribution in [2.45, 2.75) is 25.7 Å². The number of rotatable bonds is 7. The van der Waals surface area contributed by atoms with Crippen LogP contribution in [-0.4, -0.2) is 22.8 Å². The van der Waals surface area contributed by atoms with Crippen LogP contribution in [0.1, 0.15) is 25.7 Å². The number of carboxylic acids is 1. The molecule has 1 aromatic rings. The minimum Gasteiger partial charge on any atom is -0.508 e. The average molecular weight is 293 g/mol. The van der Waals surface area contributed by atoms with Crippen LogP contribution in [0.15, 0.2) is 12.1 Å². The van der Waals surface area contributed by atoms with Gasteiger partial charge in [0.15, 0.2) is 5.75 Å². The zero-order valence-corrected chi connectivity index (χ0v) is 11.2. The molecule has 0 fully saturated rings. The number of carbonyl (C=O) groups is 1. The van der Waals surface area contributed by atoms with E-state index in [1.54, 1.807) is 0 Å². The molecule has 0 radical (unpaired) electrons. The third-order valence-corrected chi connectivity index (χ3v) is 2.83. The molecular formula is C12H14Cl2O4. The second-order valence-corrected chi connectivity index (χ2v) is 4.61. The Morgan fingerprint density at radius 2 is 1.78 bits per heavy atom. The van der Waals surface area contributed by atoms with Crippen molar-refractivity contribution in [3.8, 4) is 11.5 Å². The van der Waals surface area contributed by atoms with E-state index in [1.165, 1.54) is 12.1 Å². The summed E-state index contributed by atoms with van der Waals surface area (Å²) in [6.45, 7) is 0.407. The number of hydrogen-bond acceptors (Lipinski definition) is 3. The van der Waals surface area contributed by atoms with Crippen molar-refractivity contribution in [2.75, 3.05) is 6.61 Å². The molecule has 0 spiro atoms. The molecule has 0 aromatic heterocycles. The lowest BCUT2D eigenvalue weighted by atomic mass is 10.2. The maximum Gasteiger partial charge on any atom is 0.303 e. The smallest absolute Gasteiger partial charge is 0.303 e. The molecule has 0 aliphatic heterocycles. The van der Waals surface area contributed by atoms with Gasteiger partial charge in [-0.1, -0.05) is 23.2 Å². The fraction of sp³-hybridized carbons (Fsp3) is 0.417. The molecule has 1 aromatic carbocycles. The lowest BCUT2D eigenvalue weighted by Gasteiger charge is -2.10. The van der Waals surface area contributed by atoms with Crippen LogP contribution in [0.25, 0.3) is 0 Å². The van der Waals surface area contributed by atoms with Gasteiger partial charge in [0.05, 0.1) is 16.7 Å². The first-order chi connectivity index (χ1) is 8.50. The highest BCUT2D eigenvalue weighted by Gasteiger charge is 2.09. The summed E-state index contributed by atoms with van der Waals surface area (Å²) in [7, 11) is 0. The number of aromatic hydroxyl groups is 1. The van der Waals surface area contributed by atoms with Crippen LogP contribution in [0.3, 0.4) is 0 Å². The van der Waals surface area contributed by atoms with Gasteiger partial charge in [0, 0.05) is 18.6 Å². The predicted molar refractivity (Wildman–Crippen MR) is 69.7 cm³/mol. The summed E-state index contributed by atoms with van der Waals surface area (Å²) >= 11 is 11.7. The van der Waals surface area contributed by atoms with Crippen molar-refractivity contribution in [3.63, 3.8) is 0 Å². The molecule has 4 nitrogen and oxygen atoms in total. The van der Waals surface area contributed by atoms with Crippen molar-refractivity contribution < 1.29 is 19.7 Å². The largest absolute Gasteiger partial charge is 0.508 e. The number of ether oxygens (including phenoxy) is 1. The molecule has 0 unspecified atom stereocenters. The molecule has 18 heavy (non-hydrogen) atoms. The Balaban J connectivity index is 2.33. The van der Waals surface area contributed by atoms with Gasteiger partial charge in [0.25, 0.3) is 0 Å². The second kappa shape index (κ2) is 7.34. The van der Waals surface area contributed by atoms with Gasteiger partial charge < -0.3 is 14.9 Å². The van der Waals surface area contributed by atoms with Crippen LogP contribution in [0.4, 0.5) is 0 Å². The summed E-state index contributed by atoms with van der Waals surface area (Å²) in [5.41, 5.74) is 0. The first kappa shape index (κ1) is 14.9. The van der Waals surface area contributed by atoms with Crippen LogP contribution in [0.2, 0.25) is 10.0 Å². The Morgan fingerprint density at radius 3 is 2.33 bits per heavy atom. The van der Waals surface area contributed by atoms with Crippen molar-refractivity contribution in [2.24, 2.45) is 0 Å². The summed E-state index contributed by atoms with van der Waals surface area (Å²) in [6.07, 6.45) is 2.27. The van der Waals surface area contributed by atoms with E-state index in [-0.39, 0.29) is 22.2 Å². The lowest BCUT2D eigenvalue weighted by Crippen LogP contribution is -2.00. The molecule has 0 amide bonds. The highest BCUT2D eigenvalue weighted by atomic mass is 35.5. The second-order valence-electron chi connectivity index (χ2n) is 3.79. The highest BCUT2D eigenvalue weighted by molar-refractivity contribution is 6.37. The van der Waals surface area contributed by atoms with Gasteiger partial charge in [-0.05, 0) is 19.3 Å². The number of phenolic OH excluding ortho intramolecular Hbond substituents is 1. The topological polar surface area (TPSA) is 66.8 Å².